The predicted octanol–water partition coefficient (Wildman–Crippen LogP) is 3.48. The van der Waals surface area contributed by atoms with Gasteiger partial charge >= 0.3 is 147 Å². The van der Waals surface area contributed by atoms with E-state index in [-0.39, 0.29) is 14.5 Å². The standard InChI is InChI=1S/C19H17NO3Se/c1-13-7-9-14(10-8-13)18-20-15(12-24-18)11-23-17-6-4-3-5-16(17)19(21)22-2/h3-10,12H,11H2,1-2H3. The summed E-state index contributed by atoms with van der Waals surface area (Å²) >= 11 is 0.204. The Kier molecular flexibility index (Phi) is 5.14. The number of hydrogen-bond acceptors (Lipinski definition) is 4. The minimum atomic E-state index is -0.404. The molecule has 0 amide bonds. The molecule has 2 aromatic carbocycles. The number of carbonyl (C=O) groups is 1. The van der Waals surface area contributed by atoms with E-state index in [0.717, 1.165) is 15.8 Å². The fourth-order valence-electron chi connectivity index (χ4n) is 2.22. The molecule has 0 atom stereocenters. The van der Waals surface area contributed by atoms with E-state index in [2.05, 4.69) is 41.1 Å². The normalized spacial score (nSPS) is 10.4. The molecule has 0 saturated carbocycles. The molecule has 4 nitrogen and oxygen atoms in total. The van der Waals surface area contributed by atoms with Gasteiger partial charge in [0.05, 0.1) is 0 Å². The maximum absolute atomic E-state index is 11.8. The summed E-state index contributed by atoms with van der Waals surface area (Å²) in [4.78, 5) is 18.5. The molecule has 24 heavy (non-hydrogen) atoms. The fourth-order valence-corrected chi connectivity index (χ4v) is 3.93. The first kappa shape index (κ1) is 16.5. The molecule has 0 aliphatic carbocycles. The summed E-state index contributed by atoms with van der Waals surface area (Å²) < 4.78 is 11.7. The maximum atomic E-state index is 11.8. The summed E-state index contributed by atoms with van der Waals surface area (Å²) in [5, 5.41) is 0. The van der Waals surface area contributed by atoms with Crippen LogP contribution >= 0.6 is 0 Å². The van der Waals surface area contributed by atoms with Crippen molar-refractivity contribution in [2.75, 3.05) is 7.11 Å². The van der Waals surface area contributed by atoms with Crippen molar-refractivity contribution in [3.8, 4) is 15.9 Å². The number of esters is 1. The molecule has 0 aliphatic heterocycles. The van der Waals surface area contributed by atoms with Gasteiger partial charge in [-0.15, -0.1) is 0 Å². The zero-order valence-corrected chi connectivity index (χ0v) is 15.2. The number of aryl methyl sites for hydroxylation is 1. The van der Waals surface area contributed by atoms with E-state index in [9.17, 15) is 4.79 Å². The number of hydrogen-bond donors (Lipinski definition) is 0. The van der Waals surface area contributed by atoms with Crippen LogP contribution in [0.1, 0.15) is 21.6 Å². The van der Waals surface area contributed by atoms with E-state index >= 15 is 0 Å². The van der Waals surface area contributed by atoms with Gasteiger partial charge in [0.2, 0.25) is 0 Å². The Morgan fingerprint density at radius 3 is 2.62 bits per heavy atom. The van der Waals surface area contributed by atoms with E-state index < -0.39 is 5.97 Å². The number of methoxy groups -OCH3 is 1. The molecule has 3 aromatic rings. The number of nitrogens with zero attached hydrogens (tertiary/aromatic N) is 1. The van der Waals surface area contributed by atoms with E-state index in [0.29, 0.717) is 17.9 Å². The van der Waals surface area contributed by atoms with Gasteiger partial charge in [-0.25, -0.2) is 0 Å². The number of carbonyl (C=O) groups excluding carboxylic acids is 1. The molecule has 0 bridgehead atoms. The second-order valence-corrected chi connectivity index (χ2v) is 7.09. The Bertz CT molecular complexity index is 840. The molecule has 0 radical (unpaired) electrons. The minimum absolute atomic E-state index is 0.204. The number of para-hydroxylation sites is 1. The third-order valence-electron chi connectivity index (χ3n) is 3.52. The average molecular weight is 386 g/mol. The Morgan fingerprint density at radius 2 is 1.88 bits per heavy atom. The van der Waals surface area contributed by atoms with Crippen molar-refractivity contribution in [1.82, 2.24) is 4.98 Å². The Morgan fingerprint density at radius 1 is 1.12 bits per heavy atom. The Labute approximate surface area is 146 Å². The van der Waals surface area contributed by atoms with Crippen molar-refractivity contribution in [3.63, 3.8) is 0 Å². The second kappa shape index (κ2) is 7.47. The summed E-state index contributed by atoms with van der Waals surface area (Å²) in [6.07, 6.45) is 0. The molecule has 0 spiro atoms. The van der Waals surface area contributed by atoms with Crippen LogP contribution in [0.3, 0.4) is 0 Å². The third kappa shape index (κ3) is 3.75. The molecule has 0 aliphatic rings. The van der Waals surface area contributed by atoms with Crippen molar-refractivity contribution in [1.29, 1.82) is 0 Å². The molecule has 3 rings (SSSR count). The summed E-state index contributed by atoms with van der Waals surface area (Å²) in [5.41, 5.74) is 3.71. The molecular weight excluding hydrogens is 369 g/mol. The quantitative estimate of drug-likeness (QED) is 0.498. The van der Waals surface area contributed by atoms with Gasteiger partial charge in [0, 0.05) is 0 Å². The summed E-state index contributed by atoms with van der Waals surface area (Å²) in [6.45, 7) is 2.41. The van der Waals surface area contributed by atoms with Crippen molar-refractivity contribution >= 4 is 20.5 Å². The van der Waals surface area contributed by atoms with E-state index in [1.165, 1.54) is 12.7 Å². The van der Waals surface area contributed by atoms with Gasteiger partial charge in [0.15, 0.2) is 0 Å². The number of aromatic nitrogens is 1. The van der Waals surface area contributed by atoms with Crippen LogP contribution in [0.4, 0.5) is 0 Å². The molecule has 0 saturated heterocycles. The van der Waals surface area contributed by atoms with Crippen molar-refractivity contribution in [3.05, 3.63) is 70.3 Å². The average Bonchev–Trinajstić information content (AvgIpc) is 3.09. The SMILES string of the molecule is COC(=O)c1ccccc1OCc1c[se]c(-c2ccc(C)cc2)n1. The molecule has 0 N–H and O–H groups in total. The van der Waals surface area contributed by atoms with E-state index in [1.807, 2.05) is 6.07 Å². The monoisotopic (exact) mass is 387 g/mol. The van der Waals surface area contributed by atoms with Crippen LogP contribution in [0, 0.1) is 6.92 Å². The fraction of sp³-hybridized carbons (Fsp3) is 0.158. The van der Waals surface area contributed by atoms with Gasteiger partial charge in [-0.2, -0.15) is 0 Å². The van der Waals surface area contributed by atoms with Crippen LogP contribution < -0.4 is 4.74 Å². The van der Waals surface area contributed by atoms with Crippen molar-refractivity contribution in [2.45, 2.75) is 13.5 Å². The first-order chi connectivity index (χ1) is 11.7. The zero-order valence-electron chi connectivity index (χ0n) is 13.5. The predicted molar refractivity (Wildman–Crippen MR) is 93.5 cm³/mol. The van der Waals surface area contributed by atoms with Crippen molar-refractivity contribution in [2.24, 2.45) is 0 Å². The molecule has 5 heteroatoms. The molecule has 1 aromatic heterocycles. The van der Waals surface area contributed by atoms with E-state index in [4.69, 9.17) is 9.47 Å². The first-order valence-electron chi connectivity index (χ1n) is 7.49. The number of benzene rings is 2. The van der Waals surface area contributed by atoms with Crippen LogP contribution in [-0.4, -0.2) is 32.6 Å². The van der Waals surface area contributed by atoms with E-state index in [1.54, 1.807) is 18.2 Å². The van der Waals surface area contributed by atoms with Gasteiger partial charge < -0.3 is 0 Å². The van der Waals surface area contributed by atoms with Crippen LogP contribution in [0.25, 0.3) is 10.1 Å². The molecule has 0 fully saturated rings. The van der Waals surface area contributed by atoms with Gasteiger partial charge in [-0.05, 0) is 0 Å². The zero-order chi connectivity index (χ0) is 16.9. The second-order valence-electron chi connectivity index (χ2n) is 5.29. The van der Waals surface area contributed by atoms with Crippen LogP contribution in [0.5, 0.6) is 5.75 Å². The Balaban J connectivity index is 1.72. The van der Waals surface area contributed by atoms with Gasteiger partial charge in [0.25, 0.3) is 0 Å². The van der Waals surface area contributed by atoms with Gasteiger partial charge in [-0.1, -0.05) is 0 Å². The summed E-state index contributed by atoms with van der Waals surface area (Å²) in [5.74, 6) is 0.107. The summed E-state index contributed by atoms with van der Waals surface area (Å²) in [6, 6.07) is 15.4. The topological polar surface area (TPSA) is 48.4 Å². The van der Waals surface area contributed by atoms with Crippen LogP contribution in [0.2, 0.25) is 0 Å². The van der Waals surface area contributed by atoms with Gasteiger partial charge in [0.1, 0.15) is 0 Å². The number of ether oxygens (including phenoxy) is 2. The first-order valence-corrected chi connectivity index (χ1v) is 9.33. The summed E-state index contributed by atoms with van der Waals surface area (Å²) in [7, 11) is 1.36. The van der Waals surface area contributed by atoms with Crippen LogP contribution in [0.15, 0.2) is 53.5 Å². The molecular formula is C19H17NO3Se. The van der Waals surface area contributed by atoms with Gasteiger partial charge in [-0.3, -0.25) is 0 Å². The van der Waals surface area contributed by atoms with Crippen molar-refractivity contribution < 1.29 is 14.3 Å². The number of rotatable bonds is 5. The third-order valence-corrected chi connectivity index (χ3v) is 5.49. The van der Waals surface area contributed by atoms with Crippen LogP contribution in [-0.2, 0) is 11.3 Å². The molecule has 0 unspecified atom stereocenters. The molecule has 1 heterocycles. The molecule has 122 valence electrons. The Hall–Kier alpha value is -2.36.